The van der Waals surface area contributed by atoms with Gasteiger partial charge in [-0.3, -0.25) is 0 Å². The van der Waals surface area contributed by atoms with Gasteiger partial charge < -0.3 is 10.2 Å². The van der Waals surface area contributed by atoms with Crippen molar-refractivity contribution in [1.29, 1.82) is 0 Å². The van der Waals surface area contributed by atoms with Gasteiger partial charge in [-0.15, -0.1) is 0 Å². The van der Waals surface area contributed by atoms with Crippen molar-refractivity contribution < 1.29 is 10.2 Å². The van der Waals surface area contributed by atoms with Gasteiger partial charge in [0, 0.05) is 0 Å². The van der Waals surface area contributed by atoms with Gasteiger partial charge in [-0.1, -0.05) is 18.2 Å². The molecule has 0 spiro atoms. The second-order valence-electron chi connectivity index (χ2n) is 2.62. The van der Waals surface area contributed by atoms with E-state index < -0.39 is 6.10 Å². The molecule has 0 aliphatic heterocycles. The van der Waals surface area contributed by atoms with Crippen LogP contribution in [0.1, 0.15) is 17.2 Å². The monoisotopic (exact) mass is 148 g/mol. The topological polar surface area (TPSA) is 40.5 Å². The minimum atomic E-state index is -0.495. The quantitative estimate of drug-likeness (QED) is 0.584. The Labute approximate surface area is 64.4 Å². The molecule has 0 aromatic heterocycles. The molecule has 56 valence electrons. The van der Waals surface area contributed by atoms with Crippen LogP contribution in [0.2, 0.25) is 0 Å². The molecule has 1 aliphatic rings. The SMILES string of the molecule is Oc1ccc2c(c1)C=CC2O. The summed E-state index contributed by atoms with van der Waals surface area (Å²) in [6, 6.07) is 4.95. The summed E-state index contributed by atoms with van der Waals surface area (Å²) < 4.78 is 0. The average molecular weight is 148 g/mol. The third-order valence-electron chi connectivity index (χ3n) is 1.85. The van der Waals surface area contributed by atoms with Crippen molar-refractivity contribution in [2.75, 3.05) is 0 Å². The number of phenolic OH excluding ortho intramolecular Hbond substituents is 1. The van der Waals surface area contributed by atoms with E-state index >= 15 is 0 Å². The first-order chi connectivity index (χ1) is 5.27. The molecule has 2 heteroatoms. The van der Waals surface area contributed by atoms with Gasteiger partial charge in [-0.05, 0) is 23.3 Å². The van der Waals surface area contributed by atoms with E-state index in [0.29, 0.717) is 0 Å². The lowest BCUT2D eigenvalue weighted by Crippen LogP contribution is -1.88. The van der Waals surface area contributed by atoms with Crippen molar-refractivity contribution in [1.82, 2.24) is 0 Å². The molecule has 0 heterocycles. The van der Waals surface area contributed by atoms with Crippen LogP contribution in [0.5, 0.6) is 5.75 Å². The van der Waals surface area contributed by atoms with E-state index in [4.69, 9.17) is 5.11 Å². The molecule has 0 bridgehead atoms. The second kappa shape index (κ2) is 2.10. The van der Waals surface area contributed by atoms with Gasteiger partial charge in [0.2, 0.25) is 0 Å². The summed E-state index contributed by atoms with van der Waals surface area (Å²) in [5.41, 5.74) is 1.76. The van der Waals surface area contributed by atoms with Crippen LogP contribution in [-0.2, 0) is 0 Å². The van der Waals surface area contributed by atoms with Crippen LogP contribution in [-0.4, -0.2) is 10.2 Å². The second-order valence-corrected chi connectivity index (χ2v) is 2.62. The van der Waals surface area contributed by atoms with E-state index in [-0.39, 0.29) is 5.75 Å². The lowest BCUT2D eigenvalue weighted by Gasteiger charge is -2.02. The maximum absolute atomic E-state index is 9.30. The van der Waals surface area contributed by atoms with Crippen LogP contribution >= 0.6 is 0 Å². The fourth-order valence-corrected chi connectivity index (χ4v) is 1.27. The van der Waals surface area contributed by atoms with Gasteiger partial charge in [-0.25, -0.2) is 0 Å². The first kappa shape index (κ1) is 6.43. The summed E-state index contributed by atoms with van der Waals surface area (Å²) >= 11 is 0. The molecule has 1 aromatic carbocycles. The Morgan fingerprint density at radius 1 is 1.27 bits per heavy atom. The zero-order chi connectivity index (χ0) is 7.84. The zero-order valence-electron chi connectivity index (χ0n) is 5.86. The Bertz CT molecular complexity index is 315. The third kappa shape index (κ3) is 0.917. The van der Waals surface area contributed by atoms with Crippen molar-refractivity contribution in [3.05, 3.63) is 35.4 Å². The van der Waals surface area contributed by atoms with Crippen LogP contribution in [0.3, 0.4) is 0 Å². The smallest absolute Gasteiger partial charge is 0.116 e. The number of benzene rings is 1. The summed E-state index contributed by atoms with van der Waals surface area (Å²) in [6.45, 7) is 0. The number of aromatic hydroxyl groups is 1. The summed E-state index contributed by atoms with van der Waals surface area (Å²) in [5.74, 6) is 0.238. The minimum Gasteiger partial charge on any atom is -0.508 e. The van der Waals surface area contributed by atoms with Crippen molar-refractivity contribution >= 4 is 6.08 Å². The molecule has 2 rings (SSSR count). The summed E-state index contributed by atoms with van der Waals surface area (Å²) in [4.78, 5) is 0. The van der Waals surface area contributed by atoms with Gasteiger partial charge in [0.05, 0.1) is 6.10 Å². The molecular formula is C9H8O2. The molecule has 11 heavy (non-hydrogen) atoms. The zero-order valence-corrected chi connectivity index (χ0v) is 5.86. The Balaban J connectivity index is 2.58. The minimum absolute atomic E-state index is 0.238. The first-order valence-electron chi connectivity index (χ1n) is 3.46. The van der Waals surface area contributed by atoms with Gasteiger partial charge >= 0.3 is 0 Å². The number of fused-ring (bicyclic) bond motifs is 1. The van der Waals surface area contributed by atoms with E-state index in [9.17, 15) is 5.11 Å². The van der Waals surface area contributed by atoms with E-state index in [1.807, 2.05) is 0 Å². The molecule has 0 fully saturated rings. The Kier molecular flexibility index (Phi) is 1.23. The van der Waals surface area contributed by atoms with Gasteiger partial charge in [0.25, 0.3) is 0 Å². The van der Waals surface area contributed by atoms with Gasteiger partial charge in [0.1, 0.15) is 5.75 Å². The molecular weight excluding hydrogens is 140 g/mol. The molecule has 1 atom stereocenters. The summed E-state index contributed by atoms with van der Waals surface area (Å²) in [6.07, 6.45) is 3.01. The Hall–Kier alpha value is -1.28. The largest absolute Gasteiger partial charge is 0.508 e. The molecule has 1 unspecified atom stereocenters. The molecule has 2 nitrogen and oxygen atoms in total. The highest BCUT2D eigenvalue weighted by molar-refractivity contribution is 5.62. The number of rotatable bonds is 0. The van der Waals surface area contributed by atoms with Crippen molar-refractivity contribution in [3.8, 4) is 5.75 Å². The standard InChI is InChI=1S/C9H8O2/c10-7-2-3-8-6(5-7)1-4-9(8)11/h1-5,9-11H. The lowest BCUT2D eigenvalue weighted by molar-refractivity contribution is 0.232. The Morgan fingerprint density at radius 3 is 2.91 bits per heavy atom. The molecule has 0 radical (unpaired) electrons. The third-order valence-corrected chi connectivity index (χ3v) is 1.85. The number of hydrogen-bond acceptors (Lipinski definition) is 2. The number of phenols is 1. The summed E-state index contributed by atoms with van der Waals surface area (Å²) in [5, 5.41) is 18.4. The predicted octanol–water partition coefficient (Wildman–Crippen LogP) is 1.45. The normalized spacial score (nSPS) is 20.3. The van der Waals surface area contributed by atoms with Crippen molar-refractivity contribution in [2.24, 2.45) is 0 Å². The summed E-state index contributed by atoms with van der Waals surface area (Å²) in [7, 11) is 0. The number of aliphatic hydroxyl groups is 1. The van der Waals surface area contributed by atoms with E-state index in [1.54, 1.807) is 30.4 Å². The molecule has 1 aromatic rings. The van der Waals surface area contributed by atoms with E-state index in [0.717, 1.165) is 11.1 Å². The number of aliphatic hydroxyl groups excluding tert-OH is 1. The fourth-order valence-electron chi connectivity index (χ4n) is 1.27. The Morgan fingerprint density at radius 2 is 2.09 bits per heavy atom. The predicted molar refractivity (Wildman–Crippen MR) is 42.1 cm³/mol. The maximum Gasteiger partial charge on any atom is 0.116 e. The van der Waals surface area contributed by atoms with Crippen LogP contribution in [0.4, 0.5) is 0 Å². The fraction of sp³-hybridized carbons (Fsp3) is 0.111. The molecule has 1 aliphatic carbocycles. The highest BCUT2D eigenvalue weighted by Crippen LogP contribution is 2.29. The van der Waals surface area contributed by atoms with Crippen LogP contribution in [0.25, 0.3) is 6.08 Å². The molecule has 0 amide bonds. The van der Waals surface area contributed by atoms with E-state index in [1.165, 1.54) is 0 Å². The van der Waals surface area contributed by atoms with Gasteiger partial charge in [0.15, 0.2) is 0 Å². The average Bonchev–Trinajstić information content (AvgIpc) is 2.32. The molecule has 0 saturated heterocycles. The first-order valence-corrected chi connectivity index (χ1v) is 3.46. The highest BCUT2D eigenvalue weighted by Gasteiger charge is 2.13. The highest BCUT2D eigenvalue weighted by atomic mass is 16.3. The number of hydrogen-bond donors (Lipinski definition) is 2. The molecule has 0 saturated carbocycles. The van der Waals surface area contributed by atoms with Crippen LogP contribution in [0.15, 0.2) is 24.3 Å². The van der Waals surface area contributed by atoms with Crippen LogP contribution in [0, 0.1) is 0 Å². The van der Waals surface area contributed by atoms with Crippen molar-refractivity contribution in [2.45, 2.75) is 6.10 Å². The van der Waals surface area contributed by atoms with Crippen LogP contribution < -0.4 is 0 Å². The maximum atomic E-state index is 9.30. The lowest BCUT2D eigenvalue weighted by atomic mass is 10.1. The van der Waals surface area contributed by atoms with E-state index in [2.05, 4.69) is 0 Å². The van der Waals surface area contributed by atoms with Gasteiger partial charge in [-0.2, -0.15) is 0 Å². The molecule has 2 N–H and O–H groups in total. The van der Waals surface area contributed by atoms with Crippen molar-refractivity contribution in [3.63, 3.8) is 0 Å².